The average Bonchev–Trinajstić information content (AvgIpc) is 3.10. The minimum atomic E-state index is -1.01. The molecule has 1 aliphatic heterocycles. The monoisotopic (exact) mass is 469 g/mol. The van der Waals surface area contributed by atoms with Gasteiger partial charge >= 0.3 is 5.97 Å². The van der Waals surface area contributed by atoms with E-state index in [1.54, 1.807) is 31.2 Å². The first-order valence-electron chi connectivity index (χ1n) is 10.1. The van der Waals surface area contributed by atoms with Crippen molar-refractivity contribution in [2.45, 2.75) is 19.6 Å². The molecule has 0 saturated carbocycles. The van der Waals surface area contributed by atoms with Gasteiger partial charge in [0.25, 0.3) is 11.8 Å². The van der Waals surface area contributed by atoms with Gasteiger partial charge in [0.1, 0.15) is 17.3 Å². The molecule has 2 heterocycles. The van der Waals surface area contributed by atoms with Gasteiger partial charge in [-0.25, -0.2) is 9.48 Å². The van der Waals surface area contributed by atoms with E-state index in [1.165, 1.54) is 4.68 Å². The second-order valence-electron chi connectivity index (χ2n) is 7.25. The number of aryl methyl sites for hydroxylation is 1. The van der Waals surface area contributed by atoms with Gasteiger partial charge < -0.3 is 14.2 Å². The van der Waals surface area contributed by atoms with Crippen molar-refractivity contribution in [3.8, 4) is 11.5 Å². The summed E-state index contributed by atoms with van der Waals surface area (Å²) in [4.78, 5) is 37.0. The SMILES string of the molecule is Cc1nn(Cc2ccccc2)c(Cl)c1C(=O)OCC(=O)NC(=O)[C@H]1COc2ccccc2O1. The molecule has 2 aromatic carbocycles. The van der Waals surface area contributed by atoms with Crippen LogP contribution in [0.4, 0.5) is 0 Å². The molecule has 0 saturated heterocycles. The number of nitrogens with one attached hydrogen (secondary N) is 1. The van der Waals surface area contributed by atoms with Crippen LogP contribution >= 0.6 is 11.6 Å². The highest BCUT2D eigenvalue weighted by atomic mass is 35.5. The third-order valence-electron chi connectivity index (χ3n) is 4.84. The fourth-order valence-corrected chi connectivity index (χ4v) is 3.56. The van der Waals surface area contributed by atoms with Crippen molar-refractivity contribution in [1.29, 1.82) is 0 Å². The Kier molecular flexibility index (Phi) is 6.60. The molecule has 9 nitrogen and oxygen atoms in total. The number of ether oxygens (including phenoxy) is 3. The number of carbonyl (C=O) groups excluding carboxylic acids is 3. The van der Waals surface area contributed by atoms with Gasteiger partial charge in [-0.05, 0) is 24.6 Å². The Labute approximate surface area is 194 Å². The number of nitrogens with zero attached hydrogens (tertiary/aromatic N) is 2. The van der Waals surface area contributed by atoms with Gasteiger partial charge in [0, 0.05) is 0 Å². The molecule has 1 aliphatic rings. The van der Waals surface area contributed by atoms with Crippen LogP contribution in [0, 0.1) is 6.92 Å². The van der Waals surface area contributed by atoms with Crippen molar-refractivity contribution in [1.82, 2.24) is 15.1 Å². The van der Waals surface area contributed by atoms with Gasteiger partial charge in [-0.15, -0.1) is 0 Å². The Morgan fingerprint density at radius 3 is 2.58 bits per heavy atom. The predicted molar refractivity (Wildman–Crippen MR) is 117 cm³/mol. The summed E-state index contributed by atoms with van der Waals surface area (Å²) in [5, 5.41) is 6.52. The fraction of sp³-hybridized carbons (Fsp3) is 0.217. The topological polar surface area (TPSA) is 109 Å². The minimum Gasteiger partial charge on any atom is -0.485 e. The maximum absolute atomic E-state index is 12.5. The fourth-order valence-electron chi connectivity index (χ4n) is 3.25. The lowest BCUT2D eigenvalue weighted by Crippen LogP contribution is -2.47. The smallest absolute Gasteiger partial charge is 0.343 e. The molecule has 0 fully saturated rings. The second-order valence-corrected chi connectivity index (χ2v) is 7.61. The summed E-state index contributed by atoms with van der Waals surface area (Å²) in [5.41, 5.74) is 1.38. The summed E-state index contributed by atoms with van der Waals surface area (Å²) in [6.45, 7) is 1.26. The lowest BCUT2D eigenvalue weighted by Gasteiger charge is -2.25. The van der Waals surface area contributed by atoms with Crippen LogP contribution in [0.2, 0.25) is 5.15 Å². The number of hydrogen-bond acceptors (Lipinski definition) is 7. The molecule has 10 heteroatoms. The van der Waals surface area contributed by atoms with Crippen LogP contribution in [0.5, 0.6) is 11.5 Å². The number of para-hydroxylation sites is 2. The summed E-state index contributed by atoms with van der Waals surface area (Å²) in [5.74, 6) is -1.40. The summed E-state index contributed by atoms with van der Waals surface area (Å²) in [6.07, 6.45) is -1.01. The summed E-state index contributed by atoms with van der Waals surface area (Å²) < 4.78 is 17.5. The van der Waals surface area contributed by atoms with Crippen LogP contribution in [0.15, 0.2) is 54.6 Å². The van der Waals surface area contributed by atoms with Crippen LogP contribution in [-0.2, 0) is 20.9 Å². The second kappa shape index (κ2) is 9.74. The zero-order chi connectivity index (χ0) is 23.4. The molecule has 1 N–H and O–H groups in total. The van der Waals surface area contributed by atoms with Crippen molar-refractivity contribution < 1.29 is 28.6 Å². The first-order valence-corrected chi connectivity index (χ1v) is 10.5. The first-order chi connectivity index (χ1) is 15.9. The van der Waals surface area contributed by atoms with E-state index in [0.29, 0.717) is 23.7 Å². The van der Waals surface area contributed by atoms with Gasteiger partial charge in [0.05, 0.1) is 12.2 Å². The molecular formula is C23H20ClN3O6. The predicted octanol–water partition coefficient (Wildman–Crippen LogP) is 2.53. The summed E-state index contributed by atoms with van der Waals surface area (Å²) in [6, 6.07) is 16.4. The number of imide groups is 1. The highest BCUT2D eigenvalue weighted by molar-refractivity contribution is 6.32. The van der Waals surface area contributed by atoms with Crippen molar-refractivity contribution in [3.63, 3.8) is 0 Å². The molecule has 3 aromatic rings. The molecule has 0 aliphatic carbocycles. The number of carbonyl (C=O) groups is 3. The number of benzene rings is 2. The molecule has 0 spiro atoms. The number of aromatic nitrogens is 2. The molecule has 4 rings (SSSR count). The highest BCUT2D eigenvalue weighted by Gasteiger charge is 2.29. The third-order valence-corrected chi connectivity index (χ3v) is 5.23. The quantitative estimate of drug-likeness (QED) is 0.552. The van der Waals surface area contributed by atoms with Crippen LogP contribution < -0.4 is 14.8 Å². The molecule has 170 valence electrons. The summed E-state index contributed by atoms with van der Waals surface area (Å²) in [7, 11) is 0. The third kappa shape index (κ3) is 5.15. The molecule has 2 amide bonds. The zero-order valence-electron chi connectivity index (χ0n) is 17.6. The van der Waals surface area contributed by atoms with Gasteiger partial charge in [0.2, 0.25) is 6.10 Å². The van der Waals surface area contributed by atoms with Crippen LogP contribution in [-0.4, -0.2) is 46.9 Å². The standard InChI is InChI=1S/C23H20ClN3O6/c1-14-20(21(24)27(26-14)11-15-7-3-2-4-8-15)23(30)32-13-19(28)25-22(29)18-12-31-16-9-5-6-10-17(16)33-18/h2-10,18H,11-13H2,1H3,(H,25,28,29)/t18-/m1/s1. The number of rotatable bonds is 6. The number of amides is 2. The van der Waals surface area contributed by atoms with Crippen molar-refractivity contribution in [3.05, 3.63) is 76.6 Å². The lowest BCUT2D eigenvalue weighted by atomic mass is 10.2. The zero-order valence-corrected chi connectivity index (χ0v) is 18.4. The molecule has 0 radical (unpaired) electrons. The minimum absolute atomic E-state index is 0.0503. The Morgan fingerprint density at radius 2 is 1.82 bits per heavy atom. The van der Waals surface area contributed by atoms with E-state index in [4.69, 9.17) is 25.8 Å². The molecule has 1 aromatic heterocycles. The maximum Gasteiger partial charge on any atom is 0.343 e. The van der Waals surface area contributed by atoms with Gasteiger partial charge in [0.15, 0.2) is 18.1 Å². The van der Waals surface area contributed by atoms with Gasteiger partial charge in [-0.1, -0.05) is 54.1 Å². The highest BCUT2D eigenvalue weighted by Crippen LogP contribution is 2.30. The van der Waals surface area contributed by atoms with E-state index in [1.807, 2.05) is 30.3 Å². The van der Waals surface area contributed by atoms with E-state index >= 15 is 0 Å². The Hall–Kier alpha value is -3.85. The van der Waals surface area contributed by atoms with E-state index in [2.05, 4.69) is 10.4 Å². The Balaban J connectivity index is 1.31. The molecular weight excluding hydrogens is 450 g/mol. The number of hydrogen-bond donors (Lipinski definition) is 1. The Bertz CT molecular complexity index is 1190. The van der Waals surface area contributed by atoms with Crippen molar-refractivity contribution in [2.75, 3.05) is 13.2 Å². The van der Waals surface area contributed by atoms with Gasteiger partial charge in [-0.2, -0.15) is 5.10 Å². The van der Waals surface area contributed by atoms with E-state index in [9.17, 15) is 14.4 Å². The maximum atomic E-state index is 12.5. The molecule has 0 bridgehead atoms. The van der Waals surface area contributed by atoms with E-state index < -0.39 is 30.5 Å². The molecule has 33 heavy (non-hydrogen) atoms. The normalized spacial score (nSPS) is 14.4. The molecule has 1 atom stereocenters. The van der Waals surface area contributed by atoms with Crippen LogP contribution in [0.3, 0.4) is 0 Å². The summed E-state index contributed by atoms with van der Waals surface area (Å²) >= 11 is 6.33. The largest absolute Gasteiger partial charge is 0.485 e. The Morgan fingerprint density at radius 1 is 1.12 bits per heavy atom. The van der Waals surface area contributed by atoms with Crippen molar-refractivity contribution in [2.24, 2.45) is 0 Å². The number of halogens is 1. The first kappa shape index (κ1) is 22.3. The average molecular weight is 470 g/mol. The number of fused-ring (bicyclic) bond motifs is 1. The van der Waals surface area contributed by atoms with E-state index in [-0.39, 0.29) is 17.3 Å². The lowest BCUT2D eigenvalue weighted by molar-refractivity contribution is -0.137. The van der Waals surface area contributed by atoms with Crippen LogP contribution in [0.1, 0.15) is 21.6 Å². The van der Waals surface area contributed by atoms with E-state index in [0.717, 1.165) is 5.56 Å². The van der Waals surface area contributed by atoms with Gasteiger partial charge in [-0.3, -0.25) is 14.9 Å². The van der Waals surface area contributed by atoms with Crippen molar-refractivity contribution >= 4 is 29.4 Å². The van der Waals surface area contributed by atoms with Crippen LogP contribution in [0.25, 0.3) is 0 Å². The molecule has 0 unspecified atom stereocenters. The number of esters is 1.